The second kappa shape index (κ2) is 6.38. The van der Waals surface area contributed by atoms with Crippen molar-refractivity contribution in [1.29, 1.82) is 0 Å². The molecule has 0 atom stereocenters. The van der Waals surface area contributed by atoms with Crippen molar-refractivity contribution in [2.24, 2.45) is 0 Å². The minimum Gasteiger partial charge on any atom is -0.492 e. The third-order valence-corrected chi connectivity index (χ3v) is 3.36. The van der Waals surface area contributed by atoms with Gasteiger partial charge in [0.05, 0.1) is 12.1 Å². The van der Waals surface area contributed by atoms with Crippen molar-refractivity contribution in [2.45, 2.75) is 6.54 Å². The summed E-state index contributed by atoms with van der Waals surface area (Å²) in [6, 6.07) is 9.65. The number of aromatic nitrogens is 1. The van der Waals surface area contributed by atoms with Gasteiger partial charge in [-0.1, -0.05) is 6.07 Å². The average Bonchev–Trinajstić information content (AvgIpc) is 2.42. The van der Waals surface area contributed by atoms with Crippen LogP contribution in [0.2, 0.25) is 0 Å². The van der Waals surface area contributed by atoms with E-state index in [1.54, 1.807) is 30.5 Å². The number of halogens is 1. The zero-order valence-corrected chi connectivity index (χ0v) is 12.0. The fourth-order valence-electron chi connectivity index (χ4n) is 1.67. The van der Waals surface area contributed by atoms with Gasteiger partial charge in [-0.2, -0.15) is 0 Å². The number of carboxylic acid groups (broad SMARTS) is 1. The Morgan fingerprint density at radius 1 is 1.30 bits per heavy atom. The van der Waals surface area contributed by atoms with Crippen molar-refractivity contribution in [1.82, 2.24) is 4.57 Å². The molecule has 1 aromatic carbocycles. The zero-order valence-electron chi connectivity index (χ0n) is 10.5. The maximum atomic E-state index is 11.5. The van der Waals surface area contributed by atoms with Crippen LogP contribution in [0.25, 0.3) is 0 Å². The molecule has 0 amide bonds. The van der Waals surface area contributed by atoms with Crippen molar-refractivity contribution in [3.63, 3.8) is 0 Å². The number of hydrogen-bond acceptors (Lipinski definition) is 3. The standard InChI is InChI=1S/C14H12BrNO4/c15-12-5-4-10(9-11(12)14(18)19)20-8-7-16-6-2-1-3-13(16)17/h1-6,9H,7-8H2,(H,18,19). The third-order valence-electron chi connectivity index (χ3n) is 2.67. The first kappa shape index (κ1) is 14.3. The number of pyridine rings is 1. The molecule has 0 saturated heterocycles. The highest BCUT2D eigenvalue weighted by Crippen LogP contribution is 2.22. The van der Waals surface area contributed by atoms with Gasteiger partial charge in [-0.3, -0.25) is 4.79 Å². The monoisotopic (exact) mass is 337 g/mol. The summed E-state index contributed by atoms with van der Waals surface area (Å²) in [6.07, 6.45) is 1.68. The Bertz CT molecular complexity index is 681. The Labute approximate surface area is 123 Å². The molecular formula is C14H12BrNO4. The normalized spacial score (nSPS) is 10.2. The quantitative estimate of drug-likeness (QED) is 0.909. The van der Waals surface area contributed by atoms with Crippen molar-refractivity contribution in [3.05, 3.63) is 63.0 Å². The lowest BCUT2D eigenvalue weighted by Gasteiger charge is -2.09. The van der Waals surface area contributed by atoms with Gasteiger partial charge in [0.15, 0.2) is 0 Å². The first-order chi connectivity index (χ1) is 9.58. The molecule has 104 valence electrons. The van der Waals surface area contributed by atoms with Crippen molar-refractivity contribution < 1.29 is 14.6 Å². The van der Waals surface area contributed by atoms with Crippen LogP contribution in [0.15, 0.2) is 51.9 Å². The van der Waals surface area contributed by atoms with E-state index in [0.29, 0.717) is 16.8 Å². The predicted octanol–water partition coefficient (Wildman–Crippen LogP) is 2.39. The lowest BCUT2D eigenvalue weighted by molar-refractivity contribution is 0.0695. The molecule has 0 aliphatic heterocycles. The molecule has 0 radical (unpaired) electrons. The van der Waals surface area contributed by atoms with E-state index in [4.69, 9.17) is 9.84 Å². The summed E-state index contributed by atoms with van der Waals surface area (Å²) in [5, 5.41) is 9.00. The number of ether oxygens (including phenoxy) is 1. The largest absolute Gasteiger partial charge is 0.492 e. The van der Waals surface area contributed by atoms with Crippen LogP contribution in [0.5, 0.6) is 5.75 Å². The average molecular weight is 338 g/mol. The molecule has 0 unspecified atom stereocenters. The van der Waals surface area contributed by atoms with Crippen molar-refractivity contribution in [2.75, 3.05) is 6.61 Å². The van der Waals surface area contributed by atoms with Crippen LogP contribution in [0, 0.1) is 0 Å². The van der Waals surface area contributed by atoms with Crippen LogP contribution >= 0.6 is 15.9 Å². The summed E-state index contributed by atoms with van der Waals surface area (Å²) in [4.78, 5) is 22.5. The second-order valence-electron chi connectivity index (χ2n) is 4.03. The maximum absolute atomic E-state index is 11.5. The van der Waals surface area contributed by atoms with Gasteiger partial charge >= 0.3 is 5.97 Å². The van der Waals surface area contributed by atoms with E-state index >= 15 is 0 Å². The summed E-state index contributed by atoms with van der Waals surface area (Å²) < 4.78 is 7.49. The Morgan fingerprint density at radius 3 is 2.80 bits per heavy atom. The van der Waals surface area contributed by atoms with Gasteiger partial charge in [0.1, 0.15) is 12.4 Å². The summed E-state index contributed by atoms with van der Waals surface area (Å²) in [5.74, 6) is -0.573. The van der Waals surface area contributed by atoms with Crippen LogP contribution in [-0.2, 0) is 6.54 Å². The topological polar surface area (TPSA) is 68.5 Å². The molecule has 1 aromatic heterocycles. The molecule has 2 aromatic rings. The van der Waals surface area contributed by atoms with Crippen molar-refractivity contribution >= 4 is 21.9 Å². The van der Waals surface area contributed by atoms with Gasteiger partial charge < -0.3 is 14.4 Å². The summed E-state index contributed by atoms with van der Waals surface area (Å²) >= 11 is 3.16. The lowest BCUT2D eigenvalue weighted by Crippen LogP contribution is -2.21. The Balaban J connectivity index is 2.01. The molecule has 1 heterocycles. The first-order valence-electron chi connectivity index (χ1n) is 5.89. The van der Waals surface area contributed by atoms with E-state index in [1.165, 1.54) is 16.7 Å². The minimum absolute atomic E-state index is 0.0990. The number of aromatic carboxylic acids is 1. The van der Waals surface area contributed by atoms with E-state index in [-0.39, 0.29) is 17.7 Å². The van der Waals surface area contributed by atoms with Gasteiger partial charge in [-0.15, -0.1) is 0 Å². The van der Waals surface area contributed by atoms with Gasteiger partial charge in [-0.25, -0.2) is 4.79 Å². The van der Waals surface area contributed by atoms with Gasteiger partial charge in [0.2, 0.25) is 0 Å². The predicted molar refractivity (Wildman–Crippen MR) is 77.3 cm³/mol. The molecule has 20 heavy (non-hydrogen) atoms. The molecule has 0 aliphatic rings. The van der Waals surface area contributed by atoms with Gasteiger partial charge in [0, 0.05) is 16.7 Å². The highest BCUT2D eigenvalue weighted by molar-refractivity contribution is 9.10. The van der Waals surface area contributed by atoms with Crippen LogP contribution in [0.4, 0.5) is 0 Å². The maximum Gasteiger partial charge on any atom is 0.336 e. The van der Waals surface area contributed by atoms with Crippen LogP contribution in [-0.4, -0.2) is 22.2 Å². The zero-order chi connectivity index (χ0) is 14.5. The van der Waals surface area contributed by atoms with Crippen LogP contribution in [0.1, 0.15) is 10.4 Å². The number of hydrogen-bond donors (Lipinski definition) is 1. The second-order valence-corrected chi connectivity index (χ2v) is 4.88. The van der Waals surface area contributed by atoms with E-state index < -0.39 is 5.97 Å². The molecule has 0 saturated carbocycles. The minimum atomic E-state index is -1.03. The number of carbonyl (C=O) groups is 1. The van der Waals surface area contributed by atoms with E-state index in [9.17, 15) is 9.59 Å². The molecule has 0 bridgehead atoms. The molecule has 0 spiro atoms. The molecule has 5 nitrogen and oxygen atoms in total. The fourth-order valence-corrected chi connectivity index (χ4v) is 2.08. The third kappa shape index (κ3) is 3.48. The van der Waals surface area contributed by atoms with E-state index in [1.807, 2.05) is 0 Å². The summed E-state index contributed by atoms with van der Waals surface area (Å²) in [7, 11) is 0. The van der Waals surface area contributed by atoms with Crippen LogP contribution < -0.4 is 10.3 Å². The molecule has 0 fully saturated rings. The highest BCUT2D eigenvalue weighted by Gasteiger charge is 2.09. The highest BCUT2D eigenvalue weighted by atomic mass is 79.9. The fraction of sp³-hybridized carbons (Fsp3) is 0.143. The lowest BCUT2D eigenvalue weighted by atomic mass is 10.2. The van der Waals surface area contributed by atoms with Gasteiger partial charge in [-0.05, 0) is 40.2 Å². The molecular weight excluding hydrogens is 326 g/mol. The number of nitrogens with zero attached hydrogens (tertiary/aromatic N) is 1. The van der Waals surface area contributed by atoms with Crippen molar-refractivity contribution in [3.8, 4) is 5.75 Å². The van der Waals surface area contributed by atoms with E-state index in [0.717, 1.165) is 0 Å². The number of benzene rings is 1. The summed E-state index contributed by atoms with van der Waals surface area (Å²) in [6.45, 7) is 0.683. The number of rotatable bonds is 5. The molecule has 6 heteroatoms. The number of carboxylic acids is 1. The smallest absolute Gasteiger partial charge is 0.336 e. The van der Waals surface area contributed by atoms with Crippen LogP contribution in [0.3, 0.4) is 0 Å². The first-order valence-corrected chi connectivity index (χ1v) is 6.68. The van der Waals surface area contributed by atoms with E-state index in [2.05, 4.69) is 15.9 Å². The molecule has 0 aliphatic carbocycles. The Hall–Kier alpha value is -2.08. The molecule has 1 N–H and O–H groups in total. The Kier molecular flexibility index (Phi) is 4.57. The summed E-state index contributed by atoms with van der Waals surface area (Å²) in [5.41, 5.74) is 0.0394. The Morgan fingerprint density at radius 2 is 2.10 bits per heavy atom. The molecule has 2 rings (SSSR count). The van der Waals surface area contributed by atoms with Gasteiger partial charge in [0.25, 0.3) is 5.56 Å². The SMILES string of the molecule is O=C(O)c1cc(OCCn2ccccc2=O)ccc1Br.